The average molecular weight is 485 g/mol. The van der Waals surface area contributed by atoms with Crippen molar-refractivity contribution in [3.8, 4) is 11.5 Å². The number of rotatable bonds is 12. The number of allylic oxidation sites excluding steroid dienone is 2. The van der Waals surface area contributed by atoms with Crippen molar-refractivity contribution in [2.75, 3.05) is 14.2 Å². The van der Waals surface area contributed by atoms with E-state index in [1.807, 2.05) is 13.8 Å². The Bertz CT molecular complexity index is 928. The molecule has 4 nitrogen and oxygen atoms in total. The fourth-order valence-electron chi connectivity index (χ4n) is 6.51. The zero-order valence-corrected chi connectivity index (χ0v) is 23.6. The van der Waals surface area contributed by atoms with Gasteiger partial charge in [0.2, 0.25) is 0 Å². The van der Waals surface area contributed by atoms with Crippen LogP contribution in [0.25, 0.3) is 0 Å². The summed E-state index contributed by atoms with van der Waals surface area (Å²) >= 11 is 0. The second kappa shape index (κ2) is 10.2. The van der Waals surface area contributed by atoms with Gasteiger partial charge >= 0.3 is 5.97 Å². The number of carbonyl (C=O) groups is 1. The maximum absolute atomic E-state index is 11.9. The van der Waals surface area contributed by atoms with Crippen molar-refractivity contribution in [1.29, 1.82) is 0 Å². The lowest BCUT2D eigenvalue weighted by atomic mass is 9.44. The molecule has 3 aliphatic carbocycles. The Balaban J connectivity index is 2.03. The molecule has 4 heteroatoms. The number of carboxylic acid groups (broad SMARTS) is 1. The van der Waals surface area contributed by atoms with Crippen LogP contribution in [0.15, 0.2) is 23.8 Å². The van der Waals surface area contributed by atoms with Crippen molar-refractivity contribution >= 4 is 5.97 Å². The van der Waals surface area contributed by atoms with E-state index in [2.05, 4.69) is 52.8 Å². The van der Waals surface area contributed by atoms with E-state index in [9.17, 15) is 9.90 Å². The maximum Gasteiger partial charge on any atom is 0.309 e. The van der Waals surface area contributed by atoms with Gasteiger partial charge in [0.25, 0.3) is 0 Å². The highest BCUT2D eigenvalue weighted by Crippen LogP contribution is 2.66. The Labute approximate surface area is 213 Å². The molecule has 3 atom stereocenters. The Morgan fingerprint density at radius 2 is 1.66 bits per heavy atom. The van der Waals surface area contributed by atoms with Crippen LogP contribution in [-0.2, 0) is 10.2 Å². The van der Waals surface area contributed by atoms with E-state index < -0.39 is 11.4 Å². The third-order valence-corrected chi connectivity index (χ3v) is 9.16. The number of ether oxygens (including phenoxy) is 2. The topological polar surface area (TPSA) is 55.8 Å². The first-order chi connectivity index (χ1) is 16.3. The van der Waals surface area contributed by atoms with Crippen molar-refractivity contribution in [2.45, 2.75) is 105 Å². The van der Waals surface area contributed by atoms with Gasteiger partial charge in [-0.1, -0.05) is 72.0 Å². The lowest BCUT2D eigenvalue weighted by Crippen LogP contribution is -2.52. The molecule has 0 radical (unpaired) electrons. The molecule has 1 aromatic rings. The van der Waals surface area contributed by atoms with Gasteiger partial charge in [0.15, 0.2) is 0 Å². The minimum atomic E-state index is -0.783. The molecule has 0 spiro atoms. The van der Waals surface area contributed by atoms with Crippen LogP contribution in [-0.4, -0.2) is 25.3 Å². The smallest absolute Gasteiger partial charge is 0.309 e. The first-order valence-corrected chi connectivity index (χ1v) is 13.5. The van der Waals surface area contributed by atoms with Gasteiger partial charge in [0, 0.05) is 11.5 Å². The molecule has 4 rings (SSSR count). The second-order valence-corrected chi connectivity index (χ2v) is 12.8. The lowest BCUT2D eigenvalue weighted by Gasteiger charge is -2.60. The van der Waals surface area contributed by atoms with Crippen LogP contribution < -0.4 is 9.47 Å². The number of unbranched alkanes of at least 4 members (excludes halogenated alkanes) is 3. The summed E-state index contributed by atoms with van der Waals surface area (Å²) < 4.78 is 12.0. The van der Waals surface area contributed by atoms with E-state index in [0.717, 1.165) is 29.9 Å². The van der Waals surface area contributed by atoms with Gasteiger partial charge in [-0.3, -0.25) is 4.79 Å². The number of hydrogen-bond acceptors (Lipinski definition) is 3. The summed E-state index contributed by atoms with van der Waals surface area (Å²) in [6.45, 7) is 15.2. The second-order valence-electron chi connectivity index (χ2n) is 12.8. The summed E-state index contributed by atoms with van der Waals surface area (Å²) in [6, 6.07) is 4.45. The van der Waals surface area contributed by atoms with E-state index >= 15 is 0 Å². The molecule has 0 aromatic heterocycles. The highest BCUT2D eigenvalue weighted by atomic mass is 16.5. The first-order valence-electron chi connectivity index (χ1n) is 13.5. The molecule has 0 saturated heterocycles. The van der Waals surface area contributed by atoms with Gasteiger partial charge in [-0.05, 0) is 73.5 Å². The first kappa shape index (κ1) is 27.6. The van der Waals surface area contributed by atoms with Gasteiger partial charge in [-0.2, -0.15) is 0 Å². The Hall–Kier alpha value is -1.97. The van der Waals surface area contributed by atoms with Crippen LogP contribution in [0.5, 0.6) is 11.5 Å². The molecule has 0 aliphatic heterocycles. The Morgan fingerprint density at radius 3 is 2.14 bits per heavy atom. The molecular formula is C31H48O4. The highest BCUT2D eigenvalue weighted by Gasteiger charge is 2.56. The zero-order valence-electron chi connectivity index (χ0n) is 23.6. The van der Waals surface area contributed by atoms with Crippen LogP contribution in [0.1, 0.15) is 110 Å². The van der Waals surface area contributed by atoms with Crippen molar-refractivity contribution < 1.29 is 19.4 Å². The number of aliphatic carboxylic acids is 1. The molecule has 0 heterocycles. The molecule has 0 amide bonds. The summed E-state index contributed by atoms with van der Waals surface area (Å²) in [4.78, 5) is 11.9. The van der Waals surface area contributed by atoms with Gasteiger partial charge < -0.3 is 14.6 Å². The monoisotopic (exact) mass is 484 g/mol. The van der Waals surface area contributed by atoms with Gasteiger partial charge in [0.05, 0.1) is 19.6 Å². The van der Waals surface area contributed by atoms with E-state index in [4.69, 9.17) is 9.47 Å². The molecule has 3 unspecified atom stereocenters. The normalized spacial score (nSPS) is 23.3. The standard InChI is InChI=1S/C31H48O4/c1-10-11-12-13-14-29(2,3)21-16-25(34-8)27(26(17-21)35-9)22-15-20(19-30(4,5)28(32)33)23-18-24(22)31(23,6)7/h15-17,22-24H,10-14,18-19H2,1-9H3,(H,32,33). The number of benzene rings is 1. The molecule has 1 fully saturated rings. The molecular weight excluding hydrogens is 436 g/mol. The SMILES string of the molecule is CCCCCCC(C)(C)c1cc(OC)c(C2C=C(CC(C)(C)C(=O)O)C3CC2C3(C)C)c(OC)c1. The molecule has 1 aromatic carbocycles. The predicted octanol–water partition coefficient (Wildman–Crippen LogP) is 8.14. The van der Waals surface area contributed by atoms with E-state index in [0.29, 0.717) is 18.3 Å². The number of methoxy groups -OCH3 is 2. The van der Waals surface area contributed by atoms with Crippen molar-refractivity contribution in [3.63, 3.8) is 0 Å². The van der Waals surface area contributed by atoms with E-state index in [1.165, 1.54) is 36.8 Å². The molecule has 1 saturated carbocycles. The lowest BCUT2D eigenvalue weighted by molar-refractivity contribution is -0.147. The number of hydrogen-bond donors (Lipinski definition) is 1. The van der Waals surface area contributed by atoms with Gasteiger partial charge in [-0.15, -0.1) is 0 Å². The van der Waals surface area contributed by atoms with Gasteiger partial charge in [-0.25, -0.2) is 0 Å². The van der Waals surface area contributed by atoms with Crippen LogP contribution in [0.4, 0.5) is 0 Å². The van der Waals surface area contributed by atoms with Crippen molar-refractivity contribution in [2.24, 2.45) is 22.7 Å². The van der Waals surface area contributed by atoms with E-state index in [-0.39, 0.29) is 16.7 Å². The average Bonchev–Trinajstić information content (AvgIpc) is 2.79. The third-order valence-electron chi connectivity index (χ3n) is 9.16. The third kappa shape index (κ3) is 5.27. The molecule has 35 heavy (non-hydrogen) atoms. The fraction of sp³-hybridized carbons (Fsp3) is 0.710. The fourth-order valence-corrected chi connectivity index (χ4v) is 6.51. The van der Waals surface area contributed by atoms with E-state index in [1.54, 1.807) is 14.2 Å². The van der Waals surface area contributed by atoms with Crippen LogP contribution in [0.2, 0.25) is 0 Å². The molecule has 1 N–H and O–H groups in total. The number of fused-ring (bicyclic) bond motifs is 1. The molecule has 196 valence electrons. The summed E-state index contributed by atoms with van der Waals surface area (Å²) in [5, 5.41) is 9.78. The quantitative estimate of drug-likeness (QED) is 0.240. The minimum absolute atomic E-state index is 0.0345. The zero-order chi connectivity index (χ0) is 26.2. The van der Waals surface area contributed by atoms with Crippen LogP contribution in [0, 0.1) is 22.7 Å². The summed E-state index contributed by atoms with van der Waals surface area (Å²) in [5.74, 6) is 2.12. The summed E-state index contributed by atoms with van der Waals surface area (Å²) in [5.41, 5.74) is 3.02. The predicted molar refractivity (Wildman–Crippen MR) is 144 cm³/mol. The molecule has 2 bridgehead atoms. The van der Waals surface area contributed by atoms with Gasteiger partial charge in [0.1, 0.15) is 11.5 Å². The molecule has 3 aliphatic rings. The maximum atomic E-state index is 11.9. The van der Waals surface area contributed by atoms with Crippen LogP contribution >= 0.6 is 0 Å². The Morgan fingerprint density at radius 1 is 1.06 bits per heavy atom. The highest BCUT2D eigenvalue weighted by molar-refractivity contribution is 5.74. The minimum Gasteiger partial charge on any atom is -0.496 e. The summed E-state index contributed by atoms with van der Waals surface area (Å²) in [6.07, 6.45) is 10.2. The largest absolute Gasteiger partial charge is 0.496 e. The Kier molecular flexibility index (Phi) is 8.04. The number of carboxylic acids is 1. The van der Waals surface area contributed by atoms with Crippen molar-refractivity contribution in [1.82, 2.24) is 0 Å². The van der Waals surface area contributed by atoms with Crippen LogP contribution in [0.3, 0.4) is 0 Å². The van der Waals surface area contributed by atoms with Crippen molar-refractivity contribution in [3.05, 3.63) is 34.9 Å². The summed E-state index contributed by atoms with van der Waals surface area (Å²) in [7, 11) is 3.51.